The van der Waals surface area contributed by atoms with Crippen molar-refractivity contribution in [3.63, 3.8) is 0 Å². The summed E-state index contributed by atoms with van der Waals surface area (Å²) in [7, 11) is -3.15. The van der Waals surface area contributed by atoms with Gasteiger partial charge in [0.15, 0.2) is 0 Å². The maximum Gasteiger partial charge on any atom is 0.524 e. The standard InChI is InChI=1S/C30H35FN3O5P/c1-5-15-33-19-22(3)34(20-21(33)2)29(24-10-7-14-28(17-24)39-40(36,37)38)23-9-6-11-25(16-23)30(35)32(4)27-13-8-12-26(31)18-27/h5-14,16-18,21-22,29H,1,15,19-20H2,2-4H3,(H2,36,37,38)/t21-,22+,29-/m1/s1. The predicted molar refractivity (Wildman–Crippen MR) is 154 cm³/mol. The van der Waals surface area contributed by atoms with Gasteiger partial charge in [-0.15, -0.1) is 6.58 Å². The van der Waals surface area contributed by atoms with Crippen LogP contribution in [0.4, 0.5) is 10.1 Å². The Balaban J connectivity index is 1.75. The first-order chi connectivity index (χ1) is 19.0. The molecule has 4 rings (SSSR count). The summed E-state index contributed by atoms with van der Waals surface area (Å²) in [5, 5.41) is 0. The van der Waals surface area contributed by atoms with Crippen LogP contribution in [0.25, 0.3) is 0 Å². The number of phosphoric ester groups is 1. The van der Waals surface area contributed by atoms with Crippen molar-refractivity contribution in [1.29, 1.82) is 0 Å². The molecule has 0 bridgehead atoms. The molecule has 10 heteroatoms. The number of rotatable bonds is 9. The number of phosphoric acid groups is 1. The fourth-order valence-corrected chi connectivity index (χ4v) is 5.68. The predicted octanol–water partition coefficient (Wildman–Crippen LogP) is 5.24. The first kappa shape index (κ1) is 29.6. The molecule has 8 nitrogen and oxygen atoms in total. The lowest BCUT2D eigenvalue weighted by Gasteiger charge is -2.47. The van der Waals surface area contributed by atoms with Crippen molar-refractivity contribution < 1.29 is 28.1 Å². The summed E-state index contributed by atoms with van der Waals surface area (Å²) in [6.45, 7) is 10.4. The van der Waals surface area contributed by atoms with Gasteiger partial charge in [0.25, 0.3) is 5.91 Å². The SMILES string of the molecule is C=CCN1C[C@H](C)N([C@@H](c2cccc(OP(=O)(O)O)c2)c2cccc(C(=O)N(C)c3cccc(F)c3)c2)C[C@H]1C. The van der Waals surface area contributed by atoms with Crippen LogP contribution in [0.3, 0.4) is 0 Å². The number of anilines is 1. The van der Waals surface area contributed by atoms with Crippen LogP contribution >= 0.6 is 7.82 Å². The molecule has 0 aromatic heterocycles. The Morgan fingerprint density at radius 1 is 1.07 bits per heavy atom. The van der Waals surface area contributed by atoms with E-state index in [2.05, 4.69) is 30.2 Å². The van der Waals surface area contributed by atoms with Crippen LogP contribution in [0.2, 0.25) is 0 Å². The molecule has 1 heterocycles. The first-order valence-corrected chi connectivity index (χ1v) is 14.6. The second-order valence-corrected chi connectivity index (χ2v) is 11.3. The number of hydrogen-bond donors (Lipinski definition) is 2. The van der Waals surface area contributed by atoms with E-state index in [1.54, 1.807) is 37.4 Å². The minimum atomic E-state index is -4.75. The zero-order chi connectivity index (χ0) is 29.0. The van der Waals surface area contributed by atoms with Crippen molar-refractivity contribution in [2.75, 3.05) is 31.6 Å². The molecule has 1 saturated heterocycles. The highest BCUT2D eigenvalue weighted by Gasteiger charge is 2.35. The van der Waals surface area contributed by atoms with Gasteiger partial charge in [0.2, 0.25) is 0 Å². The molecule has 40 heavy (non-hydrogen) atoms. The average molecular weight is 568 g/mol. The van der Waals surface area contributed by atoms with E-state index in [-0.39, 0.29) is 29.8 Å². The molecule has 3 atom stereocenters. The smallest absolute Gasteiger partial charge is 0.404 e. The second-order valence-electron chi connectivity index (χ2n) is 10.2. The zero-order valence-corrected chi connectivity index (χ0v) is 23.7. The van der Waals surface area contributed by atoms with E-state index in [4.69, 9.17) is 4.52 Å². The number of benzene rings is 3. The second kappa shape index (κ2) is 12.5. The molecule has 1 aliphatic rings. The van der Waals surface area contributed by atoms with Crippen LogP contribution in [0.5, 0.6) is 5.75 Å². The van der Waals surface area contributed by atoms with E-state index >= 15 is 0 Å². The molecular weight excluding hydrogens is 532 g/mol. The van der Waals surface area contributed by atoms with E-state index < -0.39 is 13.6 Å². The van der Waals surface area contributed by atoms with Gasteiger partial charge in [-0.3, -0.25) is 24.4 Å². The van der Waals surface area contributed by atoms with Crippen LogP contribution in [-0.4, -0.2) is 64.3 Å². The normalized spacial score (nSPS) is 19.1. The van der Waals surface area contributed by atoms with Gasteiger partial charge < -0.3 is 9.42 Å². The number of carbonyl (C=O) groups excluding carboxylic acids is 1. The van der Waals surface area contributed by atoms with Gasteiger partial charge in [0.1, 0.15) is 11.6 Å². The van der Waals surface area contributed by atoms with Crippen LogP contribution in [-0.2, 0) is 4.57 Å². The fourth-order valence-electron chi connectivity index (χ4n) is 5.30. The number of nitrogens with zero attached hydrogens (tertiary/aromatic N) is 3. The molecule has 3 aromatic rings. The van der Waals surface area contributed by atoms with Crippen LogP contribution < -0.4 is 9.42 Å². The van der Waals surface area contributed by atoms with Crippen molar-refractivity contribution in [1.82, 2.24) is 9.80 Å². The van der Waals surface area contributed by atoms with Crippen LogP contribution in [0.1, 0.15) is 41.4 Å². The molecule has 1 amide bonds. The molecule has 0 unspecified atom stereocenters. The van der Waals surface area contributed by atoms with Gasteiger partial charge in [-0.25, -0.2) is 8.96 Å². The maximum atomic E-state index is 13.8. The number of halogens is 1. The Bertz CT molecular complexity index is 1410. The highest BCUT2D eigenvalue weighted by atomic mass is 31.2. The molecule has 212 valence electrons. The van der Waals surface area contributed by atoms with E-state index in [1.165, 1.54) is 23.1 Å². The highest BCUT2D eigenvalue weighted by molar-refractivity contribution is 7.46. The van der Waals surface area contributed by atoms with Crippen LogP contribution in [0.15, 0.2) is 85.5 Å². The molecular formula is C30H35FN3O5P. The van der Waals surface area contributed by atoms with Crippen molar-refractivity contribution in [2.24, 2.45) is 0 Å². The molecule has 1 aliphatic heterocycles. The number of piperazine rings is 1. The van der Waals surface area contributed by atoms with Crippen molar-refractivity contribution in [3.05, 3.63) is 108 Å². The van der Waals surface area contributed by atoms with Gasteiger partial charge >= 0.3 is 7.82 Å². The van der Waals surface area contributed by atoms with Gasteiger partial charge in [0.05, 0.1) is 6.04 Å². The Morgan fingerprint density at radius 2 is 1.75 bits per heavy atom. The van der Waals surface area contributed by atoms with Gasteiger partial charge in [-0.1, -0.05) is 36.4 Å². The maximum absolute atomic E-state index is 13.8. The minimum absolute atomic E-state index is 0.0555. The molecule has 0 spiro atoms. The number of amides is 1. The summed E-state index contributed by atoms with van der Waals surface area (Å²) in [5.41, 5.74) is 2.48. The summed E-state index contributed by atoms with van der Waals surface area (Å²) < 4.78 is 30.3. The summed E-state index contributed by atoms with van der Waals surface area (Å²) in [6.07, 6.45) is 1.89. The Hall–Kier alpha value is -3.33. The van der Waals surface area contributed by atoms with Crippen molar-refractivity contribution in [3.8, 4) is 5.75 Å². The van der Waals surface area contributed by atoms with E-state index in [0.29, 0.717) is 17.8 Å². The molecule has 0 radical (unpaired) electrons. The van der Waals surface area contributed by atoms with Crippen molar-refractivity contribution >= 4 is 19.4 Å². The number of hydrogen-bond acceptors (Lipinski definition) is 5. The minimum Gasteiger partial charge on any atom is -0.404 e. The topological polar surface area (TPSA) is 93.5 Å². The fraction of sp³-hybridized carbons (Fsp3) is 0.300. The average Bonchev–Trinajstić information content (AvgIpc) is 2.90. The largest absolute Gasteiger partial charge is 0.524 e. The summed E-state index contributed by atoms with van der Waals surface area (Å²) in [6, 6.07) is 19.9. The molecule has 0 saturated carbocycles. The third-order valence-corrected chi connectivity index (χ3v) is 7.65. The van der Waals surface area contributed by atoms with Crippen molar-refractivity contribution in [2.45, 2.75) is 32.0 Å². The molecule has 1 fully saturated rings. The number of carbonyl (C=O) groups is 1. The lowest BCUT2D eigenvalue weighted by molar-refractivity contribution is 0.0306. The third kappa shape index (κ3) is 7.05. The third-order valence-electron chi connectivity index (χ3n) is 7.21. The Morgan fingerprint density at radius 3 is 2.42 bits per heavy atom. The summed E-state index contributed by atoms with van der Waals surface area (Å²) >= 11 is 0. The molecule has 2 N–H and O–H groups in total. The quantitative estimate of drug-likeness (QED) is 0.270. The molecule has 0 aliphatic carbocycles. The lowest BCUT2D eigenvalue weighted by Crippen LogP contribution is -2.57. The Kier molecular flexibility index (Phi) is 9.23. The van der Waals surface area contributed by atoms with Gasteiger partial charge in [0, 0.05) is 50.0 Å². The van der Waals surface area contributed by atoms with E-state index in [1.807, 2.05) is 30.3 Å². The van der Waals surface area contributed by atoms with Crippen LogP contribution in [0, 0.1) is 5.82 Å². The van der Waals surface area contributed by atoms with Gasteiger partial charge in [-0.05, 0) is 67.4 Å². The zero-order valence-electron chi connectivity index (χ0n) is 22.9. The highest BCUT2D eigenvalue weighted by Crippen LogP contribution is 2.40. The Labute approximate surface area is 234 Å². The monoisotopic (exact) mass is 567 g/mol. The summed E-state index contributed by atoms with van der Waals surface area (Å²) in [5.74, 6) is -0.663. The molecule has 3 aromatic carbocycles. The van der Waals surface area contributed by atoms with E-state index in [9.17, 15) is 23.5 Å². The van der Waals surface area contributed by atoms with Gasteiger partial charge in [-0.2, -0.15) is 0 Å². The lowest BCUT2D eigenvalue weighted by atomic mass is 9.92. The van der Waals surface area contributed by atoms with E-state index in [0.717, 1.165) is 24.2 Å². The summed E-state index contributed by atoms with van der Waals surface area (Å²) in [4.78, 5) is 38.3. The first-order valence-electron chi connectivity index (χ1n) is 13.1.